The van der Waals surface area contributed by atoms with Gasteiger partial charge in [0.2, 0.25) is 0 Å². The molecule has 0 unspecified atom stereocenters. The number of carbonyl (C=O) groups is 1. The second kappa shape index (κ2) is 9.22. The first kappa shape index (κ1) is 22.8. The van der Waals surface area contributed by atoms with E-state index in [1.807, 2.05) is 12.1 Å². The molecule has 0 radical (unpaired) electrons. The third-order valence-electron chi connectivity index (χ3n) is 5.87. The van der Waals surface area contributed by atoms with Crippen LogP contribution in [-0.2, 0) is 10.0 Å². The van der Waals surface area contributed by atoms with Crippen LogP contribution in [0.3, 0.4) is 0 Å². The van der Waals surface area contributed by atoms with Crippen LogP contribution < -0.4 is 9.46 Å². The molecule has 8 nitrogen and oxygen atoms in total. The van der Waals surface area contributed by atoms with Crippen LogP contribution in [0.5, 0.6) is 5.75 Å². The van der Waals surface area contributed by atoms with E-state index in [1.165, 1.54) is 61.9 Å². The van der Waals surface area contributed by atoms with Crippen molar-refractivity contribution in [3.63, 3.8) is 0 Å². The van der Waals surface area contributed by atoms with Crippen LogP contribution in [-0.4, -0.2) is 36.4 Å². The smallest absolute Gasteiger partial charge is 0.338 e. The first-order chi connectivity index (χ1) is 15.8. The fraction of sp³-hybridized carbons (Fsp3) is 0.304. The van der Waals surface area contributed by atoms with Crippen molar-refractivity contribution in [3.05, 3.63) is 65.7 Å². The van der Waals surface area contributed by atoms with Gasteiger partial charge in [0.25, 0.3) is 10.0 Å². The molecular formula is C23H24FN3O5S. The topological polar surface area (TPSA) is 111 Å². The summed E-state index contributed by atoms with van der Waals surface area (Å²) in [5.74, 6) is -2.14. The highest BCUT2D eigenvalue weighted by atomic mass is 32.2. The second-order valence-corrected chi connectivity index (χ2v) is 9.67. The lowest BCUT2D eigenvalue weighted by molar-refractivity contribution is 0.0691. The molecule has 1 aromatic heterocycles. The van der Waals surface area contributed by atoms with E-state index in [0.717, 1.165) is 12.1 Å². The van der Waals surface area contributed by atoms with Crippen LogP contribution in [0.15, 0.2) is 53.7 Å². The van der Waals surface area contributed by atoms with Crippen molar-refractivity contribution in [2.24, 2.45) is 0 Å². The predicted octanol–water partition coefficient (Wildman–Crippen LogP) is 4.57. The van der Waals surface area contributed by atoms with Crippen LogP contribution >= 0.6 is 0 Å². The van der Waals surface area contributed by atoms with E-state index < -0.39 is 27.4 Å². The number of methoxy groups -OCH3 is 1. The number of ether oxygens (including phenoxy) is 1. The molecule has 1 heterocycles. The average Bonchev–Trinajstić information content (AvgIpc) is 3.31. The van der Waals surface area contributed by atoms with Gasteiger partial charge < -0.3 is 9.84 Å². The van der Waals surface area contributed by atoms with Crippen LogP contribution in [0, 0.1) is 5.82 Å². The van der Waals surface area contributed by atoms with Crippen LogP contribution in [0.1, 0.15) is 53.9 Å². The van der Waals surface area contributed by atoms with Gasteiger partial charge in [-0.05, 0) is 42.5 Å². The molecule has 4 rings (SSSR count). The monoisotopic (exact) mass is 473 g/mol. The lowest BCUT2D eigenvalue weighted by atomic mass is 9.84. The van der Waals surface area contributed by atoms with Gasteiger partial charge in [0.1, 0.15) is 16.5 Å². The number of aromatic nitrogens is 2. The molecule has 0 atom stereocenters. The predicted molar refractivity (Wildman–Crippen MR) is 120 cm³/mol. The third-order valence-corrected chi connectivity index (χ3v) is 7.19. The maximum absolute atomic E-state index is 14.1. The summed E-state index contributed by atoms with van der Waals surface area (Å²) < 4.78 is 48.5. The van der Waals surface area contributed by atoms with E-state index >= 15 is 0 Å². The number of carboxylic acids is 1. The molecule has 1 aliphatic carbocycles. The van der Waals surface area contributed by atoms with Crippen molar-refractivity contribution in [1.29, 1.82) is 0 Å². The molecule has 1 aliphatic rings. The summed E-state index contributed by atoms with van der Waals surface area (Å²) in [5.41, 5.74) is 1.15. The number of aromatic carboxylic acids is 1. The van der Waals surface area contributed by atoms with Gasteiger partial charge in [-0.2, -0.15) is 5.10 Å². The minimum absolute atomic E-state index is 0.122. The summed E-state index contributed by atoms with van der Waals surface area (Å²) in [6.45, 7) is 0. The SMILES string of the molecule is COc1cc(C(=O)O)c(F)cc1NS(=O)(=O)c1cnn(-c2ccc(C3CCCCC3)cc2)c1. The number of sulfonamides is 1. The average molecular weight is 474 g/mol. The number of rotatable bonds is 7. The Balaban J connectivity index is 1.55. The highest BCUT2D eigenvalue weighted by Crippen LogP contribution is 2.33. The number of nitrogens with zero attached hydrogens (tertiary/aromatic N) is 2. The molecule has 2 aromatic carbocycles. The van der Waals surface area contributed by atoms with Crippen molar-refractivity contribution in [3.8, 4) is 11.4 Å². The van der Waals surface area contributed by atoms with Crippen LogP contribution in [0.4, 0.5) is 10.1 Å². The maximum Gasteiger partial charge on any atom is 0.338 e. The number of carboxylic acid groups (broad SMARTS) is 1. The summed E-state index contributed by atoms with van der Waals surface area (Å²) >= 11 is 0. The van der Waals surface area contributed by atoms with E-state index in [1.54, 1.807) is 0 Å². The van der Waals surface area contributed by atoms with E-state index in [2.05, 4.69) is 22.0 Å². The molecule has 2 N–H and O–H groups in total. The molecule has 0 bridgehead atoms. The van der Waals surface area contributed by atoms with E-state index in [9.17, 15) is 17.6 Å². The zero-order chi connectivity index (χ0) is 23.6. The van der Waals surface area contributed by atoms with E-state index in [-0.39, 0.29) is 16.3 Å². The number of halogens is 1. The molecule has 0 spiro atoms. The number of anilines is 1. The van der Waals surface area contributed by atoms with Crippen molar-refractivity contribution in [2.45, 2.75) is 42.9 Å². The largest absolute Gasteiger partial charge is 0.495 e. The minimum atomic E-state index is -4.14. The first-order valence-electron chi connectivity index (χ1n) is 10.6. The molecule has 0 amide bonds. The number of hydrogen-bond donors (Lipinski definition) is 2. The van der Waals surface area contributed by atoms with Crippen molar-refractivity contribution in [1.82, 2.24) is 9.78 Å². The van der Waals surface area contributed by atoms with Crippen molar-refractivity contribution in [2.75, 3.05) is 11.8 Å². The van der Waals surface area contributed by atoms with Gasteiger partial charge in [0, 0.05) is 6.07 Å². The molecule has 10 heteroatoms. The lowest BCUT2D eigenvalue weighted by Gasteiger charge is -2.22. The highest BCUT2D eigenvalue weighted by molar-refractivity contribution is 7.92. The molecule has 1 saturated carbocycles. The molecule has 33 heavy (non-hydrogen) atoms. The summed E-state index contributed by atoms with van der Waals surface area (Å²) in [5, 5.41) is 13.2. The number of hydrogen-bond acceptors (Lipinski definition) is 5. The van der Waals surface area contributed by atoms with Gasteiger partial charge >= 0.3 is 5.97 Å². The molecule has 174 valence electrons. The lowest BCUT2D eigenvalue weighted by Crippen LogP contribution is -2.14. The Morgan fingerprint density at radius 3 is 2.52 bits per heavy atom. The van der Waals surface area contributed by atoms with E-state index in [0.29, 0.717) is 11.6 Å². The third kappa shape index (κ3) is 4.85. The maximum atomic E-state index is 14.1. The Labute approximate surface area is 191 Å². The molecule has 3 aromatic rings. The Morgan fingerprint density at radius 1 is 1.18 bits per heavy atom. The van der Waals surface area contributed by atoms with Gasteiger partial charge in [0.05, 0.1) is 36.4 Å². The van der Waals surface area contributed by atoms with E-state index in [4.69, 9.17) is 9.84 Å². The zero-order valence-electron chi connectivity index (χ0n) is 18.0. The van der Waals surface area contributed by atoms with Gasteiger partial charge in [-0.25, -0.2) is 22.3 Å². The van der Waals surface area contributed by atoms with Crippen molar-refractivity contribution < 1.29 is 27.4 Å². The fourth-order valence-electron chi connectivity index (χ4n) is 4.09. The summed E-state index contributed by atoms with van der Waals surface area (Å²) in [6, 6.07) is 9.61. The van der Waals surface area contributed by atoms with Crippen molar-refractivity contribution >= 4 is 21.7 Å². The van der Waals surface area contributed by atoms with Crippen LogP contribution in [0.25, 0.3) is 5.69 Å². The van der Waals surface area contributed by atoms with Gasteiger partial charge in [-0.3, -0.25) is 4.72 Å². The Morgan fingerprint density at radius 2 is 1.88 bits per heavy atom. The van der Waals surface area contributed by atoms with Gasteiger partial charge in [0.15, 0.2) is 0 Å². The normalized spacial score (nSPS) is 14.7. The Bertz CT molecular complexity index is 1270. The Hall–Kier alpha value is -3.40. The van der Waals surface area contributed by atoms with Gasteiger partial charge in [-0.1, -0.05) is 31.4 Å². The first-order valence-corrected chi connectivity index (χ1v) is 12.1. The minimum Gasteiger partial charge on any atom is -0.495 e. The zero-order valence-corrected chi connectivity index (χ0v) is 18.8. The summed E-state index contributed by atoms with van der Waals surface area (Å²) in [7, 11) is -2.91. The second-order valence-electron chi connectivity index (χ2n) is 7.99. The molecule has 0 saturated heterocycles. The molecule has 1 fully saturated rings. The van der Waals surface area contributed by atoms with Gasteiger partial charge in [-0.15, -0.1) is 0 Å². The number of nitrogens with one attached hydrogen (secondary N) is 1. The molecular weight excluding hydrogens is 449 g/mol. The summed E-state index contributed by atoms with van der Waals surface area (Å²) in [6.07, 6.45) is 8.69. The molecule has 0 aliphatic heterocycles. The standard InChI is InChI=1S/C23H24FN3O5S/c1-32-22-11-19(23(28)29)20(24)12-21(22)26-33(30,31)18-13-25-27(14-18)17-9-7-16(8-10-17)15-5-3-2-4-6-15/h7-15,26H,2-6H2,1H3,(H,28,29). The van der Waals surface area contributed by atoms with Crippen LogP contribution in [0.2, 0.25) is 0 Å². The Kier molecular flexibility index (Phi) is 6.37. The fourth-order valence-corrected chi connectivity index (χ4v) is 5.08. The quantitative estimate of drug-likeness (QED) is 0.520. The number of benzene rings is 2. The highest BCUT2D eigenvalue weighted by Gasteiger charge is 2.22. The summed E-state index contributed by atoms with van der Waals surface area (Å²) in [4.78, 5) is 11.0.